The fraction of sp³-hybridized carbons (Fsp3) is 0.143. The standard InChI is InChI=1S/C21H16N8O3/c22-9-11-2-1-3-12(6-11)19(30)27-16-8-17(24-14-4-5-14)29-18(26-16)13(10-23-29)7-15-20(31)28-21(32)25-15/h1-3,6-8,10,14,31H,4-5H2,(H,27,30)(H2,25,28,32). The topological polar surface area (TPSA) is 164 Å². The van der Waals surface area contributed by atoms with Crippen LogP contribution in [-0.4, -0.2) is 41.6 Å². The molecule has 1 saturated carbocycles. The van der Waals surface area contributed by atoms with E-state index in [1.165, 1.54) is 22.9 Å². The largest absolute Gasteiger partial charge is 0.493 e. The van der Waals surface area contributed by atoms with E-state index in [4.69, 9.17) is 5.26 Å². The summed E-state index contributed by atoms with van der Waals surface area (Å²) >= 11 is 0. The second-order valence-electron chi connectivity index (χ2n) is 7.33. The first-order valence-corrected chi connectivity index (χ1v) is 9.77. The summed E-state index contributed by atoms with van der Waals surface area (Å²) in [4.78, 5) is 38.0. The van der Waals surface area contributed by atoms with Crippen molar-refractivity contribution >= 4 is 23.4 Å². The van der Waals surface area contributed by atoms with E-state index in [2.05, 4.69) is 30.4 Å². The van der Waals surface area contributed by atoms with Crippen LogP contribution in [0.25, 0.3) is 11.7 Å². The number of aromatic amines is 2. The third kappa shape index (κ3) is 3.72. The molecular formula is C21H16N8O3. The predicted octanol–water partition coefficient (Wildman–Crippen LogP) is 0.186. The summed E-state index contributed by atoms with van der Waals surface area (Å²) in [5.74, 6) is -0.473. The number of hydrogen-bond acceptors (Lipinski definition) is 7. The van der Waals surface area contributed by atoms with Gasteiger partial charge in [0.15, 0.2) is 11.1 Å². The molecule has 1 amide bonds. The number of benzene rings is 1. The molecule has 0 saturated heterocycles. The van der Waals surface area contributed by atoms with Crippen LogP contribution in [-0.2, 0) is 0 Å². The van der Waals surface area contributed by atoms with E-state index in [0.29, 0.717) is 27.5 Å². The molecule has 32 heavy (non-hydrogen) atoms. The zero-order valence-corrected chi connectivity index (χ0v) is 16.5. The summed E-state index contributed by atoms with van der Waals surface area (Å²) in [5, 5.41) is 26.5. The van der Waals surface area contributed by atoms with Crippen LogP contribution in [0.5, 0.6) is 5.88 Å². The highest BCUT2D eigenvalue weighted by Crippen LogP contribution is 2.22. The lowest BCUT2D eigenvalue weighted by Gasteiger charge is -2.06. The van der Waals surface area contributed by atoms with E-state index in [0.717, 1.165) is 12.8 Å². The summed E-state index contributed by atoms with van der Waals surface area (Å²) in [5.41, 5.74) is 1.23. The molecule has 0 aliphatic heterocycles. The van der Waals surface area contributed by atoms with E-state index in [1.54, 1.807) is 24.3 Å². The van der Waals surface area contributed by atoms with Crippen molar-refractivity contribution in [1.82, 2.24) is 24.6 Å². The monoisotopic (exact) mass is 428 g/mol. The number of carbonyl (C=O) groups is 1. The zero-order chi connectivity index (χ0) is 22.2. The average Bonchev–Trinajstić information content (AvgIpc) is 3.42. The third-order valence-electron chi connectivity index (χ3n) is 4.87. The van der Waals surface area contributed by atoms with Crippen molar-refractivity contribution in [2.45, 2.75) is 18.9 Å². The van der Waals surface area contributed by atoms with Crippen molar-refractivity contribution < 1.29 is 9.90 Å². The molecule has 1 aliphatic carbocycles. The lowest BCUT2D eigenvalue weighted by Crippen LogP contribution is -2.22. The molecule has 1 fully saturated rings. The van der Waals surface area contributed by atoms with Crippen molar-refractivity contribution in [3.05, 3.63) is 74.5 Å². The Bertz CT molecular complexity index is 1580. The molecule has 0 spiro atoms. The Labute approximate surface area is 179 Å². The molecule has 11 heteroatoms. The van der Waals surface area contributed by atoms with Crippen LogP contribution in [0.15, 0.2) is 46.3 Å². The number of nitrogens with zero attached hydrogens (tertiary/aromatic N) is 5. The molecule has 1 aliphatic rings. The van der Waals surface area contributed by atoms with Crippen LogP contribution in [0, 0.1) is 11.3 Å². The van der Waals surface area contributed by atoms with E-state index in [9.17, 15) is 14.7 Å². The number of carbonyl (C=O) groups excluding carboxylic acids is 1. The summed E-state index contributed by atoms with van der Waals surface area (Å²) in [7, 11) is 0. The number of imidazole rings is 1. The number of nitrogens with one attached hydrogen (secondary N) is 3. The normalized spacial score (nSPS) is 14.6. The maximum absolute atomic E-state index is 12.7. The minimum atomic E-state index is -0.546. The quantitative estimate of drug-likeness (QED) is 0.362. The molecule has 0 unspecified atom stereocenters. The fourth-order valence-corrected chi connectivity index (χ4v) is 3.18. The Morgan fingerprint density at radius 1 is 1.34 bits per heavy atom. The van der Waals surface area contributed by atoms with Crippen molar-refractivity contribution in [2.24, 2.45) is 4.99 Å². The highest BCUT2D eigenvalue weighted by atomic mass is 16.3. The summed E-state index contributed by atoms with van der Waals surface area (Å²) in [6.45, 7) is 0. The van der Waals surface area contributed by atoms with Crippen molar-refractivity contribution in [2.75, 3.05) is 5.32 Å². The lowest BCUT2D eigenvalue weighted by molar-refractivity contribution is 0.102. The number of rotatable bonds is 4. The van der Waals surface area contributed by atoms with Gasteiger partial charge in [-0.05, 0) is 37.1 Å². The number of nitriles is 1. The number of fused-ring (bicyclic) bond motifs is 1. The van der Waals surface area contributed by atoms with Gasteiger partial charge in [0.25, 0.3) is 5.91 Å². The summed E-state index contributed by atoms with van der Waals surface area (Å²) in [6.07, 6.45) is 5.00. The van der Waals surface area contributed by atoms with Crippen molar-refractivity contribution in [3.63, 3.8) is 0 Å². The van der Waals surface area contributed by atoms with Crippen molar-refractivity contribution in [3.8, 4) is 11.9 Å². The van der Waals surface area contributed by atoms with Gasteiger partial charge in [-0.2, -0.15) is 14.9 Å². The summed E-state index contributed by atoms with van der Waals surface area (Å²) < 4.78 is 1.54. The van der Waals surface area contributed by atoms with Gasteiger partial charge in [-0.25, -0.2) is 9.78 Å². The first-order valence-electron chi connectivity index (χ1n) is 9.77. The van der Waals surface area contributed by atoms with Gasteiger partial charge in [0, 0.05) is 16.8 Å². The Hall–Kier alpha value is -4.72. The minimum Gasteiger partial charge on any atom is -0.493 e. The maximum atomic E-state index is 12.7. The van der Waals surface area contributed by atoms with E-state index >= 15 is 0 Å². The van der Waals surface area contributed by atoms with Crippen LogP contribution in [0.4, 0.5) is 5.82 Å². The Balaban J connectivity index is 1.61. The number of anilines is 1. The lowest BCUT2D eigenvalue weighted by atomic mass is 10.1. The SMILES string of the molecule is N#Cc1cccc(C(=O)Nc2cc(=NC3CC3)n3ncc(=Cc4[nH]c(=O)[nH]c4O)c3n2)c1. The molecule has 5 rings (SSSR count). The van der Waals surface area contributed by atoms with E-state index < -0.39 is 11.6 Å². The zero-order valence-electron chi connectivity index (χ0n) is 16.5. The highest BCUT2D eigenvalue weighted by molar-refractivity contribution is 6.04. The summed E-state index contributed by atoms with van der Waals surface area (Å²) in [6, 6.07) is 10.2. The first-order chi connectivity index (χ1) is 15.5. The maximum Gasteiger partial charge on any atom is 0.326 e. The molecule has 4 N–H and O–H groups in total. The van der Waals surface area contributed by atoms with Gasteiger partial charge in [-0.1, -0.05) is 6.07 Å². The molecule has 0 bridgehead atoms. The van der Waals surface area contributed by atoms with Gasteiger partial charge >= 0.3 is 5.69 Å². The number of hydrogen-bond donors (Lipinski definition) is 4. The van der Waals surface area contributed by atoms with Crippen LogP contribution < -0.4 is 21.7 Å². The molecule has 1 aromatic carbocycles. The molecule has 3 aromatic heterocycles. The van der Waals surface area contributed by atoms with E-state index in [-0.39, 0.29) is 23.4 Å². The molecule has 0 radical (unpaired) electrons. The van der Waals surface area contributed by atoms with Gasteiger partial charge in [0.1, 0.15) is 11.5 Å². The Morgan fingerprint density at radius 2 is 2.19 bits per heavy atom. The Morgan fingerprint density at radius 3 is 2.91 bits per heavy atom. The van der Waals surface area contributed by atoms with E-state index in [1.807, 2.05) is 6.07 Å². The van der Waals surface area contributed by atoms with Crippen LogP contribution >= 0.6 is 0 Å². The second-order valence-corrected chi connectivity index (χ2v) is 7.33. The molecule has 11 nitrogen and oxygen atoms in total. The number of aromatic nitrogens is 5. The smallest absolute Gasteiger partial charge is 0.326 e. The highest BCUT2D eigenvalue weighted by Gasteiger charge is 2.20. The van der Waals surface area contributed by atoms with Crippen LogP contribution in [0.1, 0.15) is 34.5 Å². The molecule has 0 atom stereocenters. The molecule has 3 heterocycles. The number of H-pyrrole nitrogens is 2. The number of amides is 1. The minimum absolute atomic E-state index is 0.176. The molecule has 158 valence electrons. The fourth-order valence-electron chi connectivity index (χ4n) is 3.18. The number of aromatic hydroxyl groups is 1. The van der Waals surface area contributed by atoms with Gasteiger partial charge in [-0.15, -0.1) is 0 Å². The molecular weight excluding hydrogens is 412 g/mol. The van der Waals surface area contributed by atoms with Gasteiger partial charge in [0.2, 0.25) is 5.88 Å². The first kappa shape index (κ1) is 19.3. The second kappa shape index (κ2) is 7.51. The van der Waals surface area contributed by atoms with Crippen molar-refractivity contribution in [1.29, 1.82) is 5.26 Å². The van der Waals surface area contributed by atoms with Crippen LogP contribution in [0.3, 0.4) is 0 Å². The van der Waals surface area contributed by atoms with Gasteiger partial charge in [-0.3, -0.25) is 14.8 Å². The average molecular weight is 428 g/mol. The van der Waals surface area contributed by atoms with Crippen LogP contribution in [0.2, 0.25) is 0 Å². The van der Waals surface area contributed by atoms with Gasteiger partial charge in [0.05, 0.1) is 23.9 Å². The third-order valence-corrected chi connectivity index (χ3v) is 4.87. The van der Waals surface area contributed by atoms with Gasteiger partial charge < -0.3 is 15.4 Å². The predicted molar refractivity (Wildman–Crippen MR) is 113 cm³/mol. The molecule has 4 aromatic rings. The Kier molecular flexibility index (Phi) is 4.52.